The molecule has 0 N–H and O–H groups in total. The van der Waals surface area contributed by atoms with E-state index in [1.54, 1.807) is 0 Å². The van der Waals surface area contributed by atoms with E-state index < -0.39 is 0 Å². The zero-order valence-electron chi connectivity index (χ0n) is 10.9. The lowest BCUT2D eigenvalue weighted by Crippen LogP contribution is -2.21. The third kappa shape index (κ3) is 2.61. The Bertz CT molecular complexity index is 431. The molecule has 3 rings (SSSR count). The number of anilines is 1. The number of hydrogen-bond acceptors (Lipinski definition) is 3. The van der Waals surface area contributed by atoms with Crippen molar-refractivity contribution in [1.82, 2.24) is 9.97 Å². The minimum Gasteiger partial charge on any atom is -0.356 e. The van der Waals surface area contributed by atoms with Gasteiger partial charge in [-0.15, -0.1) is 0 Å². The second-order valence-corrected chi connectivity index (χ2v) is 5.96. The van der Waals surface area contributed by atoms with Gasteiger partial charge in [-0.1, -0.05) is 24.9 Å². The predicted molar refractivity (Wildman–Crippen MR) is 74.2 cm³/mol. The Hall–Kier alpha value is -0.830. The molecule has 1 saturated carbocycles. The highest BCUT2D eigenvalue weighted by Crippen LogP contribution is 2.39. The van der Waals surface area contributed by atoms with Crippen LogP contribution < -0.4 is 4.90 Å². The van der Waals surface area contributed by atoms with Gasteiger partial charge in [0.25, 0.3) is 0 Å². The molecule has 0 spiro atoms. The van der Waals surface area contributed by atoms with Crippen LogP contribution in [0.4, 0.5) is 5.82 Å². The summed E-state index contributed by atoms with van der Waals surface area (Å²) < 4.78 is 0. The summed E-state index contributed by atoms with van der Waals surface area (Å²) in [7, 11) is 0. The molecule has 2 heterocycles. The van der Waals surface area contributed by atoms with E-state index in [1.165, 1.54) is 32.1 Å². The summed E-state index contributed by atoms with van der Waals surface area (Å²) in [5, 5.41) is 0.598. The maximum Gasteiger partial charge on any atom is 0.135 e. The van der Waals surface area contributed by atoms with Crippen molar-refractivity contribution in [2.45, 2.75) is 44.9 Å². The third-order valence-electron chi connectivity index (χ3n) is 3.95. The van der Waals surface area contributed by atoms with Crippen LogP contribution >= 0.6 is 11.6 Å². The highest BCUT2D eigenvalue weighted by Gasteiger charge is 2.29. The van der Waals surface area contributed by atoms with Crippen molar-refractivity contribution in [3.63, 3.8) is 0 Å². The SMILES string of the molecule is CCCC1CCN(c2cc(Cl)nc(C3CC3)n2)C1. The van der Waals surface area contributed by atoms with Gasteiger partial charge in [-0.25, -0.2) is 9.97 Å². The first-order chi connectivity index (χ1) is 8.76. The van der Waals surface area contributed by atoms with Gasteiger partial charge in [0.05, 0.1) is 0 Å². The van der Waals surface area contributed by atoms with Crippen molar-refractivity contribution in [2.75, 3.05) is 18.0 Å². The van der Waals surface area contributed by atoms with Crippen LogP contribution in [0.25, 0.3) is 0 Å². The quantitative estimate of drug-likeness (QED) is 0.779. The van der Waals surface area contributed by atoms with Gasteiger partial charge in [0, 0.05) is 25.1 Å². The van der Waals surface area contributed by atoms with Crippen LogP contribution in [0.1, 0.15) is 50.8 Å². The number of aromatic nitrogens is 2. The Labute approximate surface area is 114 Å². The second-order valence-electron chi connectivity index (χ2n) is 5.57. The maximum atomic E-state index is 6.12. The largest absolute Gasteiger partial charge is 0.356 e. The van der Waals surface area contributed by atoms with Crippen LogP contribution in [0.3, 0.4) is 0 Å². The van der Waals surface area contributed by atoms with Crippen molar-refractivity contribution >= 4 is 17.4 Å². The molecule has 0 radical (unpaired) electrons. The van der Waals surface area contributed by atoms with E-state index in [1.807, 2.05) is 6.07 Å². The molecular weight excluding hydrogens is 246 g/mol. The Kier molecular flexibility index (Phi) is 3.42. The fourth-order valence-corrected chi connectivity index (χ4v) is 2.98. The first-order valence-corrected chi connectivity index (χ1v) is 7.43. The molecule has 1 aromatic heterocycles. The molecule has 0 bridgehead atoms. The summed E-state index contributed by atoms with van der Waals surface area (Å²) in [5.74, 6) is 3.39. The summed E-state index contributed by atoms with van der Waals surface area (Å²) >= 11 is 6.12. The van der Waals surface area contributed by atoms with Crippen molar-refractivity contribution in [2.24, 2.45) is 5.92 Å². The van der Waals surface area contributed by atoms with Gasteiger partial charge in [-0.2, -0.15) is 0 Å². The highest BCUT2D eigenvalue weighted by molar-refractivity contribution is 6.29. The van der Waals surface area contributed by atoms with E-state index in [2.05, 4.69) is 16.8 Å². The van der Waals surface area contributed by atoms with Gasteiger partial charge >= 0.3 is 0 Å². The molecule has 18 heavy (non-hydrogen) atoms. The molecule has 2 aliphatic rings. The molecule has 98 valence electrons. The first-order valence-electron chi connectivity index (χ1n) is 7.05. The van der Waals surface area contributed by atoms with Crippen LogP contribution in [-0.4, -0.2) is 23.1 Å². The van der Waals surface area contributed by atoms with Crippen LogP contribution in [-0.2, 0) is 0 Å². The van der Waals surface area contributed by atoms with Crippen LogP contribution in [0.15, 0.2) is 6.07 Å². The van der Waals surface area contributed by atoms with Crippen molar-refractivity contribution in [3.05, 3.63) is 17.0 Å². The van der Waals surface area contributed by atoms with Gasteiger partial charge < -0.3 is 4.90 Å². The molecule has 0 aromatic carbocycles. The van der Waals surface area contributed by atoms with Gasteiger partial charge in [0.15, 0.2) is 0 Å². The molecule has 1 unspecified atom stereocenters. The van der Waals surface area contributed by atoms with Gasteiger partial charge in [0.1, 0.15) is 16.8 Å². The van der Waals surface area contributed by atoms with E-state index in [-0.39, 0.29) is 0 Å². The zero-order valence-corrected chi connectivity index (χ0v) is 11.7. The van der Waals surface area contributed by atoms with Crippen LogP contribution in [0.5, 0.6) is 0 Å². The minimum atomic E-state index is 0.566. The molecule has 1 aliphatic heterocycles. The van der Waals surface area contributed by atoms with Gasteiger partial charge in [-0.3, -0.25) is 0 Å². The van der Waals surface area contributed by atoms with E-state index in [0.717, 1.165) is 30.6 Å². The first kappa shape index (κ1) is 12.2. The Balaban J connectivity index is 1.75. The summed E-state index contributed by atoms with van der Waals surface area (Å²) in [6, 6.07) is 1.92. The molecule has 3 nitrogen and oxygen atoms in total. The molecule has 1 atom stereocenters. The number of hydrogen-bond donors (Lipinski definition) is 0. The number of nitrogens with zero attached hydrogens (tertiary/aromatic N) is 3. The van der Waals surface area contributed by atoms with Crippen molar-refractivity contribution in [1.29, 1.82) is 0 Å². The molecular formula is C14H20ClN3. The summed E-state index contributed by atoms with van der Waals surface area (Å²) in [4.78, 5) is 11.4. The van der Waals surface area contributed by atoms with Crippen molar-refractivity contribution < 1.29 is 0 Å². The average Bonchev–Trinajstić information content (AvgIpc) is 3.10. The number of rotatable bonds is 4. The lowest BCUT2D eigenvalue weighted by Gasteiger charge is -2.18. The van der Waals surface area contributed by atoms with E-state index in [0.29, 0.717) is 11.1 Å². The van der Waals surface area contributed by atoms with Gasteiger partial charge in [-0.05, 0) is 31.6 Å². The normalized spacial score (nSPS) is 23.7. The molecule has 1 aliphatic carbocycles. The van der Waals surface area contributed by atoms with Crippen LogP contribution in [0, 0.1) is 5.92 Å². The standard InChI is InChI=1S/C14H20ClN3/c1-2-3-10-6-7-18(9-10)13-8-12(15)16-14(17-13)11-4-5-11/h8,10-11H,2-7,9H2,1H3. The average molecular weight is 266 g/mol. The van der Waals surface area contributed by atoms with E-state index in [4.69, 9.17) is 16.6 Å². The molecule has 0 amide bonds. The maximum absolute atomic E-state index is 6.12. The summed E-state index contributed by atoms with van der Waals surface area (Å²) in [5.41, 5.74) is 0. The summed E-state index contributed by atoms with van der Waals surface area (Å²) in [6.45, 7) is 4.50. The highest BCUT2D eigenvalue weighted by atomic mass is 35.5. The van der Waals surface area contributed by atoms with E-state index in [9.17, 15) is 0 Å². The molecule has 4 heteroatoms. The molecule has 2 fully saturated rings. The topological polar surface area (TPSA) is 29.0 Å². The lowest BCUT2D eigenvalue weighted by atomic mass is 10.0. The van der Waals surface area contributed by atoms with Crippen molar-refractivity contribution in [3.8, 4) is 0 Å². The Morgan fingerprint density at radius 1 is 1.33 bits per heavy atom. The number of halogens is 1. The fourth-order valence-electron chi connectivity index (χ4n) is 2.79. The smallest absolute Gasteiger partial charge is 0.135 e. The zero-order chi connectivity index (χ0) is 12.5. The lowest BCUT2D eigenvalue weighted by molar-refractivity contribution is 0.529. The van der Waals surface area contributed by atoms with Gasteiger partial charge in [0.2, 0.25) is 0 Å². The Morgan fingerprint density at radius 2 is 2.17 bits per heavy atom. The van der Waals surface area contributed by atoms with Crippen LogP contribution in [0.2, 0.25) is 5.15 Å². The fraction of sp³-hybridized carbons (Fsp3) is 0.714. The second kappa shape index (κ2) is 5.04. The van der Waals surface area contributed by atoms with E-state index >= 15 is 0 Å². The molecule has 1 saturated heterocycles. The molecule has 1 aromatic rings. The predicted octanol–water partition coefficient (Wildman–Crippen LogP) is 3.63. The third-order valence-corrected chi connectivity index (χ3v) is 4.14. The Morgan fingerprint density at radius 3 is 2.89 bits per heavy atom. The minimum absolute atomic E-state index is 0.566. The summed E-state index contributed by atoms with van der Waals surface area (Å²) in [6.07, 6.45) is 6.33. The monoisotopic (exact) mass is 265 g/mol.